The predicted octanol–water partition coefficient (Wildman–Crippen LogP) is 2.02. The first-order valence-electron chi connectivity index (χ1n) is 4.33. The van der Waals surface area contributed by atoms with E-state index in [-0.39, 0.29) is 17.1 Å². The minimum atomic E-state index is -0.129. The molecule has 1 heterocycles. The van der Waals surface area contributed by atoms with Gasteiger partial charge in [0.2, 0.25) is 0 Å². The normalized spacial score (nSPS) is 10.4. The first-order valence-corrected chi connectivity index (χ1v) is 4.71. The van der Waals surface area contributed by atoms with Crippen LogP contribution in [0.5, 0.6) is 0 Å². The average Bonchev–Trinajstić information content (AvgIpc) is 2.15. The summed E-state index contributed by atoms with van der Waals surface area (Å²) in [7, 11) is 1.74. The highest BCUT2D eigenvalue weighted by atomic mass is 35.5. The fourth-order valence-electron chi connectivity index (χ4n) is 0.899. The number of amides is 1. The second-order valence-electron chi connectivity index (χ2n) is 3.28. The summed E-state index contributed by atoms with van der Waals surface area (Å²) >= 11 is 5.64. The molecule has 0 saturated carbocycles. The Morgan fingerprint density at radius 2 is 2.29 bits per heavy atom. The molecule has 1 radical (unpaired) electrons. The Bertz CT molecular complexity index is 339. The van der Waals surface area contributed by atoms with Crippen molar-refractivity contribution in [1.29, 1.82) is 0 Å². The van der Waals surface area contributed by atoms with E-state index in [2.05, 4.69) is 11.1 Å². The second-order valence-corrected chi connectivity index (χ2v) is 3.63. The monoisotopic (exact) mass is 211 g/mol. The van der Waals surface area contributed by atoms with Gasteiger partial charge in [-0.2, -0.15) is 0 Å². The van der Waals surface area contributed by atoms with Crippen LogP contribution in [0.15, 0.2) is 12.1 Å². The van der Waals surface area contributed by atoms with E-state index in [9.17, 15) is 4.79 Å². The number of carbonyl (C=O) groups is 1. The number of hydrogen-bond acceptors (Lipinski definition) is 2. The minimum absolute atomic E-state index is 0.129. The van der Waals surface area contributed by atoms with Crippen molar-refractivity contribution in [3.63, 3.8) is 0 Å². The van der Waals surface area contributed by atoms with E-state index in [0.29, 0.717) is 5.69 Å². The van der Waals surface area contributed by atoms with Crippen LogP contribution < -0.4 is 0 Å². The van der Waals surface area contributed by atoms with Crippen molar-refractivity contribution in [2.45, 2.75) is 19.9 Å². The van der Waals surface area contributed by atoms with E-state index in [0.717, 1.165) is 0 Å². The Hall–Kier alpha value is -1.09. The Labute approximate surface area is 88.7 Å². The molecule has 1 rings (SSSR count). The lowest BCUT2D eigenvalue weighted by atomic mass is 10.3. The molecule has 4 heteroatoms. The summed E-state index contributed by atoms with van der Waals surface area (Å²) in [6.07, 6.45) is 0. The molecule has 1 aromatic rings. The van der Waals surface area contributed by atoms with Gasteiger partial charge in [-0.15, -0.1) is 0 Å². The van der Waals surface area contributed by atoms with E-state index in [1.54, 1.807) is 24.1 Å². The minimum Gasteiger partial charge on any atom is -0.338 e. The molecule has 0 aliphatic heterocycles. The molecule has 3 nitrogen and oxygen atoms in total. The molecule has 0 unspecified atom stereocenters. The molecule has 1 aromatic heterocycles. The van der Waals surface area contributed by atoms with Crippen LogP contribution in [0.2, 0.25) is 5.15 Å². The quantitative estimate of drug-likeness (QED) is 0.702. The van der Waals surface area contributed by atoms with Gasteiger partial charge in [0.1, 0.15) is 10.8 Å². The molecular weight excluding hydrogens is 200 g/mol. The molecule has 0 spiro atoms. The second kappa shape index (κ2) is 4.42. The molecule has 0 atom stereocenters. The van der Waals surface area contributed by atoms with Gasteiger partial charge in [-0.1, -0.05) is 11.6 Å². The Morgan fingerprint density at radius 3 is 2.79 bits per heavy atom. The smallest absolute Gasteiger partial charge is 0.272 e. The number of rotatable bonds is 2. The number of hydrogen-bond donors (Lipinski definition) is 0. The SMILES string of the molecule is CC(C)N(C)C(=O)c1cc[c]c(Cl)n1. The van der Waals surface area contributed by atoms with Crippen LogP contribution in [0.4, 0.5) is 0 Å². The first-order chi connectivity index (χ1) is 6.52. The molecule has 0 N–H and O–H groups in total. The van der Waals surface area contributed by atoms with Gasteiger partial charge in [0.05, 0.1) is 0 Å². The summed E-state index contributed by atoms with van der Waals surface area (Å²) in [6.45, 7) is 3.88. The van der Waals surface area contributed by atoms with Crippen LogP contribution in [0.1, 0.15) is 24.3 Å². The van der Waals surface area contributed by atoms with Gasteiger partial charge in [0, 0.05) is 19.2 Å². The molecule has 0 aromatic carbocycles. The summed E-state index contributed by atoms with van der Waals surface area (Å²) < 4.78 is 0. The molecule has 1 amide bonds. The van der Waals surface area contributed by atoms with Crippen molar-refractivity contribution >= 4 is 17.5 Å². The third kappa shape index (κ3) is 2.45. The van der Waals surface area contributed by atoms with Gasteiger partial charge in [0.25, 0.3) is 5.91 Å². The maximum Gasteiger partial charge on any atom is 0.272 e. The van der Waals surface area contributed by atoms with Gasteiger partial charge < -0.3 is 4.90 Å². The lowest BCUT2D eigenvalue weighted by Gasteiger charge is -2.20. The first kappa shape index (κ1) is 11.0. The molecule has 0 bridgehead atoms. The molecule has 0 saturated heterocycles. The van der Waals surface area contributed by atoms with E-state index < -0.39 is 0 Å². The van der Waals surface area contributed by atoms with Crippen molar-refractivity contribution in [3.05, 3.63) is 29.0 Å². The molecule has 75 valence electrons. The summed E-state index contributed by atoms with van der Waals surface area (Å²) in [5.41, 5.74) is 0.352. The van der Waals surface area contributed by atoms with E-state index >= 15 is 0 Å². The average molecular weight is 212 g/mol. The standard InChI is InChI=1S/C10H12ClN2O/c1-7(2)13(3)10(14)8-5-4-6-9(11)12-8/h4-5,7H,1-3H3. The highest BCUT2D eigenvalue weighted by Crippen LogP contribution is 2.07. The van der Waals surface area contributed by atoms with Gasteiger partial charge in [-0.05, 0) is 26.0 Å². The number of aromatic nitrogens is 1. The zero-order valence-corrected chi connectivity index (χ0v) is 9.17. The third-order valence-electron chi connectivity index (χ3n) is 1.98. The largest absolute Gasteiger partial charge is 0.338 e. The molecule has 0 aliphatic carbocycles. The van der Waals surface area contributed by atoms with Crippen molar-refractivity contribution in [2.24, 2.45) is 0 Å². The lowest BCUT2D eigenvalue weighted by molar-refractivity contribution is 0.0749. The van der Waals surface area contributed by atoms with Crippen LogP contribution >= 0.6 is 11.6 Å². The van der Waals surface area contributed by atoms with Crippen LogP contribution in [0, 0.1) is 6.07 Å². The van der Waals surface area contributed by atoms with Gasteiger partial charge in [0.15, 0.2) is 0 Å². The zero-order valence-electron chi connectivity index (χ0n) is 8.41. The van der Waals surface area contributed by atoms with E-state index in [4.69, 9.17) is 11.6 Å². The number of halogens is 1. The summed E-state index contributed by atoms with van der Waals surface area (Å²) in [5.74, 6) is -0.129. The lowest BCUT2D eigenvalue weighted by Crippen LogP contribution is -2.33. The van der Waals surface area contributed by atoms with Gasteiger partial charge in [-0.3, -0.25) is 4.79 Å². The summed E-state index contributed by atoms with van der Waals surface area (Å²) in [6, 6.07) is 6.02. The Balaban J connectivity index is 2.89. The predicted molar refractivity (Wildman–Crippen MR) is 55.3 cm³/mol. The molecular formula is C10H12ClN2O. The van der Waals surface area contributed by atoms with Crippen molar-refractivity contribution < 1.29 is 4.79 Å². The van der Waals surface area contributed by atoms with Crippen molar-refractivity contribution in [1.82, 2.24) is 9.88 Å². The summed E-state index contributed by atoms with van der Waals surface area (Å²) in [4.78, 5) is 17.2. The third-order valence-corrected chi connectivity index (χ3v) is 2.17. The molecule has 0 aliphatic rings. The van der Waals surface area contributed by atoms with Crippen molar-refractivity contribution in [3.8, 4) is 0 Å². The maximum atomic E-state index is 11.7. The fraction of sp³-hybridized carbons (Fsp3) is 0.400. The number of nitrogens with zero attached hydrogens (tertiary/aromatic N) is 2. The van der Waals surface area contributed by atoms with Crippen LogP contribution in [-0.2, 0) is 0 Å². The highest BCUT2D eigenvalue weighted by Gasteiger charge is 2.15. The number of pyridine rings is 1. The topological polar surface area (TPSA) is 33.2 Å². The van der Waals surface area contributed by atoms with Gasteiger partial charge in [-0.25, -0.2) is 4.98 Å². The van der Waals surface area contributed by atoms with E-state index in [1.165, 1.54) is 0 Å². The highest BCUT2D eigenvalue weighted by molar-refractivity contribution is 6.29. The number of carbonyl (C=O) groups excluding carboxylic acids is 1. The van der Waals surface area contributed by atoms with Crippen molar-refractivity contribution in [2.75, 3.05) is 7.05 Å². The van der Waals surface area contributed by atoms with Crippen LogP contribution in [-0.4, -0.2) is 28.9 Å². The fourth-order valence-corrected chi connectivity index (χ4v) is 1.05. The Morgan fingerprint density at radius 1 is 1.64 bits per heavy atom. The Kier molecular flexibility index (Phi) is 3.47. The van der Waals surface area contributed by atoms with Gasteiger partial charge >= 0.3 is 0 Å². The van der Waals surface area contributed by atoms with E-state index in [1.807, 2.05) is 13.8 Å². The maximum absolute atomic E-state index is 11.7. The zero-order chi connectivity index (χ0) is 10.7. The molecule has 0 fully saturated rings. The summed E-state index contributed by atoms with van der Waals surface area (Å²) in [5, 5.41) is 0.216. The molecule has 14 heavy (non-hydrogen) atoms. The van der Waals surface area contributed by atoms with Crippen LogP contribution in [0.3, 0.4) is 0 Å². The van der Waals surface area contributed by atoms with Crippen LogP contribution in [0.25, 0.3) is 0 Å².